The SMILES string of the molecule is [CH2]CCC(C)CC/C=C/C. The summed E-state index contributed by atoms with van der Waals surface area (Å²) < 4.78 is 0. The Hall–Kier alpha value is -0.260. The summed E-state index contributed by atoms with van der Waals surface area (Å²) in [6.07, 6.45) is 9.27. The van der Waals surface area contributed by atoms with Crippen molar-refractivity contribution in [2.75, 3.05) is 0 Å². The number of hydrogen-bond donors (Lipinski definition) is 0. The van der Waals surface area contributed by atoms with Crippen LogP contribution in [0, 0.1) is 12.8 Å². The average molecular weight is 139 g/mol. The van der Waals surface area contributed by atoms with E-state index in [4.69, 9.17) is 0 Å². The van der Waals surface area contributed by atoms with E-state index in [0.29, 0.717) is 0 Å². The molecule has 0 aromatic carbocycles. The normalized spacial score (nSPS) is 14.3. The van der Waals surface area contributed by atoms with Gasteiger partial charge in [0.15, 0.2) is 0 Å². The molecule has 0 bridgehead atoms. The van der Waals surface area contributed by atoms with Crippen molar-refractivity contribution in [2.45, 2.75) is 39.5 Å². The quantitative estimate of drug-likeness (QED) is 0.510. The van der Waals surface area contributed by atoms with E-state index in [1.165, 1.54) is 19.3 Å². The summed E-state index contributed by atoms with van der Waals surface area (Å²) in [5.74, 6) is 0.855. The molecule has 0 amide bonds. The topological polar surface area (TPSA) is 0 Å². The van der Waals surface area contributed by atoms with Gasteiger partial charge in [0, 0.05) is 0 Å². The van der Waals surface area contributed by atoms with E-state index >= 15 is 0 Å². The first-order chi connectivity index (χ1) is 4.81. The van der Waals surface area contributed by atoms with Crippen molar-refractivity contribution < 1.29 is 0 Å². The maximum atomic E-state index is 3.84. The van der Waals surface area contributed by atoms with Gasteiger partial charge in [-0.15, -0.1) is 0 Å². The zero-order valence-corrected chi connectivity index (χ0v) is 7.27. The first-order valence-corrected chi connectivity index (χ1v) is 4.21. The molecule has 1 atom stereocenters. The lowest BCUT2D eigenvalue weighted by Crippen LogP contribution is -1.91. The Bertz CT molecular complexity index is 82.0. The molecule has 0 aliphatic rings. The molecule has 0 heterocycles. The van der Waals surface area contributed by atoms with Crippen molar-refractivity contribution in [3.8, 4) is 0 Å². The Morgan fingerprint density at radius 3 is 2.60 bits per heavy atom. The summed E-state index contributed by atoms with van der Waals surface area (Å²) >= 11 is 0. The molecule has 0 saturated carbocycles. The molecule has 0 saturated heterocycles. The molecule has 0 aromatic heterocycles. The molecular weight excluding hydrogens is 120 g/mol. The maximum Gasteiger partial charge on any atom is -0.0348 e. The molecule has 0 N–H and O–H groups in total. The molecular formula is C10H19. The summed E-state index contributed by atoms with van der Waals surface area (Å²) in [5.41, 5.74) is 0. The lowest BCUT2D eigenvalue weighted by atomic mass is 10.0. The molecule has 0 aromatic rings. The van der Waals surface area contributed by atoms with Gasteiger partial charge >= 0.3 is 0 Å². The minimum Gasteiger partial charge on any atom is -0.0917 e. The average Bonchev–Trinajstić information content (AvgIpc) is 1.89. The molecule has 0 rings (SSSR count). The first kappa shape index (κ1) is 9.74. The van der Waals surface area contributed by atoms with Crippen LogP contribution in [0.4, 0.5) is 0 Å². The number of hydrogen-bond acceptors (Lipinski definition) is 0. The Morgan fingerprint density at radius 1 is 1.40 bits per heavy atom. The van der Waals surface area contributed by atoms with Crippen LogP contribution in [0.2, 0.25) is 0 Å². The molecule has 1 unspecified atom stereocenters. The molecule has 0 aliphatic carbocycles. The van der Waals surface area contributed by atoms with Crippen LogP contribution >= 0.6 is 0 Å². The van der Waals surface area contributed by atoms with E-state index in [0.717, 1.165) is 12.3 Å². The summed E-state index contributed by atoms with van der Waals surface area (Å²) in [5, 5.41) is 0. The summed E-state index contributed by atoms with van der Waals surface area (Å²) in [6.45, 7) is 8.21. The van der Waals surface area contributed by atoms with E-state index in [-0.39, 0.29) is 0 Å². The van der Waals surface area contributed by atoms with Crippen molar-refractivity contribution in [1.82, 2.24) is 0 Å². The van der Waals surface area contributed by atoms with Crippen LogP contribution in [0.25, 0.3) is 0 Å². The summed E-state index contributed by atoms with van der Waals surface area (Å²) in [7, 11) is 0. The fourth-order valence-electron chi connectivity index (χ4n) is 1.04. The highest BCUT2D eigenvalue weighted by Gasteiger charge is 1.96. The van der Waals surface area contributed by atoms with Gasteiger partial charge in [-0.3, -0.25) is 0 Å². The van der Waals surface area contributed by atoms with Crippen molar-refractivity contribution >= 4 is 0 Å². The Labute approximate surface area is 65.3 Å². The molecule has 0 aliphatic heterocycles. The van der Waals surface area contributed by atoms with Gasteiger partial charge in [-0.1, -0.05) is 38.8 Å². The Balaban J connectivity index is 3.12. The van der Waals surface area contributed by atoms with Crippen molar-refractivity contribution in [2.24, 2.45) is 5.92 Å². The summed E-state index contributed by atoms with van der Waals surface area (Å²) in [4.78, 5) is 0. The number of rotatable bonds is 5. The Morgan fingerprint density at radius 2 is 2.10 bits per heavy atom. The van der Waals surface area contributed by atoms with Gasteiger partial charge in [0.1, 0.15) is 0 Å². The van der Waals surface area contributed by atoms with Gasteiger partial charge in [-0.2, -0.15) is 0 Å². The second-order valence-electron chi connectivity index (χ2n) is 2.89. The van der Waals surface area contributed by atoms with E-state index < -0.39 is 0 Å². The second-order valence-corrected chi connectivity index (χ2v) is 2.89. The standard InChI is InChI=1S/C10H19/c1-4-6-7-9-10(3)8-5-2/h4,6,10H,2,5,7-9H2,1,3H3/b6-4+. The Kier molecular flexibility index (Phi) is 6.68. The number of allylic oxidation sites excluding steroid dienone is 2. The predicted molar refractivity (Wildman–Crippen MR) is 47.8 cm³/mol. The van der Waals surface area contributed by atoms with Gasteiger partial charge in [-0.05, 0) is 25.7 Å². The van der Waals surface area contributed by atoms with Crippen LogP contribution in [0.5, 0.6) is 0 Å². The van der Waals surface area contributed by atoms with E-state index in [1.54, 1.807) is 0 Å². The van der Waals surface area contributed by atoms with Gasteiger partial charge in [-0.25, -0.2) is 0 Å². The monoisotopic (exact) mass is 139 g/mol. The highest BCUT2D eigenvalue weighted by molar-refractivity contribution is 4.77. The third-order valence-corrected chi connectivity index (χ3v) is 1.76. The van der Waals surface area contributed by atoms with Crippen molar-refractivity contribution in [3.05, 3.63) is 19.1 Å². The van der Waals surface area contributed by atoms with Gasteiger partial charge in [0.05, 0.1) is 0 Å². The van der Waals surface area contributed by atoms with Crippen molar-refractivity contribution in [1.29, 1.82) is 0 Å². The summed E-state index contributed by atoms with van der Waals surface area (Å²) in [6, 6.07) is 0. The zero-order chi connectivity index (χ0) is 7.82. The second kappa shape index (κ2) is 6.85. The smallest absolute Gasteiger partial charge is 0.0348 e. The van der Waals surface area contributed by atoms with Gasteiger partial charge in [0.2, 0.25) is 0 Å². The molecule has 0 heteroatoms. The third kappa shape index (κ3) is 5.87. The molecule has 0 fully saturated rings. The van der Waals surface area contributed by atoms with Gasteiger partial charge in [0.25, 0.3) is 0 Å². The van der Waals surface area contributed by atoms with Crippen LogP contribution in [-0.4, -0.2) is 0 Å². The van der Waals surface area contributed by atoms with Gasteiger partial charge < -0.3 is 0 Å². The van der Waals surface area contributed by atoms with Crippen LogP contribution in [0.15, 0.2) is 12.2 Å². The minimum atomic E-state index is 0.855. The van der Waals surface area contributed by atoms with Crippen LogP contribution in [0.1, 0.15) is 39.5 Å². The lowest BCUT2D eigenvalue weighted by Gasteiger charge is -2.06. The zero-order valence-electron chi connectivity index (χ0n) is 7.27. The largest absolute Gasteiger partial charge is 0.0917 e. The highest BCUT2D eigenvalue weighted by atomic mass is 14.0. The lowest BCUT2D eigenvalue weighted by molar-refractivity contribution is 0.501. The molecule has 0 spiro atoms. The van der Waals surface area contributed by atoms with Crippen LogP contribution in [-0.2, 0) is 0 Å². The molecule has 59 valence electrons. The van der Waals surface area contributed by atoms with Crippen LogP contribution in [0.3, 0.4) is 0 Å². The minimum absolute atomic E-state index is 0.855. The molecule has 0 nitrogen and oxygen atoms in total. The fraction of sp³-hybridized carbons (Fsp3) is 0.700. The highest BCUT2D eigenvalue weighted by Crippen LogP contribution is 2.11. The van der Waals surface area contributed by atoms with E-state index in [1.807, 2.05) is 0 Å². The van der Waals surface area contributed by atoms with Crippen LogP contribution < -0.4 is 0 Å². The van der Waals surface area contributed by atoms with E-state index in [2.05, 4.69) is 32.9 Å². The molecule has 1 radical (unpaired) electrons. The first-order valence-electron chi connectivity index (χ1n) is 4.21. The fourth-order valence-corrected chi connectivity index (χ4v) is 1.04. The van der Waals surface area contributed by atoms with E-state index in [9.17, 15) is 0 Å². The third-order valence-electron chi connectivity index (χ3n) is 1.76. The molecule has 10 heavy (non-hydrogen) atoms. The maximum absolute atomic E-state index is 3.84. The predicted octanol–water partition coefficient (Wildman–Crippen LogP) is 3.59. The van der Waals surface area contributed by atoms with Crippen molar-refractivity contribution in [3.63, 3.8) is 0 Å².